The molecule has 3 heteroatoms. The zero-order chi connectivity index (χ0) is 14.5. The molecule has 2 aliphatic carbocycles. The largest absolute Gasteiger partial charge is 0.381 e. The smallest absolute Gasteiger partial charge is 0.101 e. The molecule has 2 saturated carbocycles. The molecule has 0 amide bonds. The summed E-state index contributed by atoms with van der Waals surface area (Å²) in [6.45, 7) is 7.17. The number of halogens is 1. The average Bonchev–Trinajstić information content (AvgIpc) is 2.86. The van der Waals surface area contributed by atoms with E-state index >= 15 is 0 Å². The Labute approximate surface area is 126 Å². The van der Waals surface area contributed by atoms with Crippen LogP contribution in [-0.4, -0.2) is 6.04 Å². The fraction of sp³-hybridized carbons (Fsp3) is 0.588. The van der Waals surface area contributed by atoms with E-state index in [4.69, 9.17) is 16.9 Å². The van der Waals surface area contributed by atoms with Crippen molar-refractivity contribution in [2.45, 2.75) is 46.1 Å². The first-order valence-corrected chi connectivity index (χ1v) is 7.71. The number of fused-ring (bicyclic) bond motifs is 2. The highest BCUT2D eigenvalue weighted by atomic mass is 35.5. The predicted octanol–water partition coefficient (Wildman–Crippen LogP) is 4.84. The van der Waals surface area contributed by atoms with E-state index < -0.39 is 0 Å². The maximum atomic E-state index is 8.95. The maximum absolute atomic E-state index is 8.95. The molecule has 1 aromatic carbocycles. The third kappa shape index (κ3) is 1.91. The van der Waals surface area contributed by atoms with Gasteiger partial charge in [-0.3, -0.25) is 0 Å². The molecule has 3 atom stereocenters. The van der Waals surface area contributed by atoms with E-state index in [0.717, 1.165) is 11.6 Å². The molecule has 0 saturated heterocycles. The Morgan fingerprint density at radius 1 is 1.35 bits per heavy atom. The molecule has 2 bridgehead atoms. The van der Waals surface area contributed by atoms with Crippen molar-refractivity contribution in [3.8, 4) is 6.07 Å². The number of nitrogens with one attached hydrogen (secondary N) is 1. The van der Waals surface area contributed by atoms with Gasteiger partial charge in [-0.2, -0.15) is 5.26 Å². The van der Waals surface area contributed by atoms with Gasteiger partial charge in [0.05, 0.1) is 10.6 Å². The lowest BCUT2D eigenvalue weighted by molar-refractivity contribution is 0.155. The molecule has 3 unspecified atom stereocenters. The second-order valence-corrected chi connectivity index (χ2v) is 7.71. The molecule has 1 N–H and O–H groups in total. The van der Waals surface area contributed by atoms with Crippen molar-refractivity contribution in [2.24, 2.45) is 16.7 Å². The number of benzene rings is 1. The summed E-state index contributed by atoms with van der Waals surface area (Å²) >= 11 is 6.14. The van der Waals surface area contributed by atoms with Crippen LogP contribution in [0.3, 0.4) is 0 Å². The SMILES string of the molecule is CC12CCC(C1)C(C)(C)C2Nc1ccc(C#N)c(Cl)c1. The van der Waals surface area contributed by atoms with Crippen molar-refractivity contribution in [2.75, 3.05) is 5.32 Å². The standard InChI is InChI=1S/C17H21ClN2/c1-16(2)12-6-7-17(3,9-12)15(16)20-13-5-4-11(10-19)14(18)8-13/h4-5,8,12,15,20H,6-7,9H2,1-3H3. The van der Waals surface area contributed by atoms with Gasteiger partial charge in [0.1, 0.15) is 6.07 Å². The number of nitriles is 1. The van der Waals surface area contributed by atoms with Crippen molar-refractivity contribution in [3.05, 3.63) is 28.8 Å². The molecule has 2 nitrogen and oxygen atoms in total. The van der Waals surface area contributed by atoms with Gasteiger partial charge < -0.3 is 5.32 Å². The minimum atomic E-state index is 0.313. The van der Waals surface area contributed by atoms with Crippen molar-refractivity contribution < 1.29 is 0 Å². The Hall–Kier alpha value is -1.20. The summed E-state index contributed by atoms with van der Waals surface area (Å²) < 4.78 is 0. The zero-order valence-corrected chi connectivity index (χ0v) is 13.1. The number of nitrogens with zero attached hydrogens (tertiary/aromatic N) is 1. The third-order valence-corrected chi connectivity index (χ3v) is 5.98. The third-order valence-electron chi connectivity index (χ3n) is 5.67. The predicted molar refractivity (Wildman–Crippen MR) is 82.8 cm³/mol. The highest BCUT2D eigenvalue weighted by molar-refractivity contribution is 6.32. The fourth-order valence-corrected chi connectivity index (χ4v) is 4.75. The lowest BCUT2D eigenvalue weighted by Crippen LogP contribution is -2.45. The van der Waals surface area contributed by atoms with Gasteiger partial charge in [0.2, 0.25) is 0 Å². The normalized spacial score (nSPS) is 34.0. The molecule has 1 aromatic rings. The molecule has 0 heterocycles. The first-order valence-electron chi connectivity index (χ1n) is 7.33. The van der Waals surface area contributed by atoms with Crippen molar-refractivity contribution in [1.29, 1.82) is 5.26 Å². The van der Waals surface area contributed by atoms with E-state index in [1.807, 2.05) is 12.1 Å². The molecular weight excluding hydrogens is 268 g/mol. The van der Waals surface area contributed by atoms with E-state index in [1.165, 1.54) is 19.3 Å². The van der Waals surface area contributed by atoms with Crippen LogP contribution in [0.15, 0.2) is 18.2 Å². The Morgan fingerprint density at radius 2 is 2.10 bits per heavy atom. The van der Waals surface area contributed by atoms with Crippen LogP contribution in [0.2, 0.25) is 5.02 Å². The van der Waals surface area contributed by atoms with Crippen LogP contribution in [0.5, 0.6) is 0 Å². The average molecular weight is 289 g/mol. The Kier molecular flexibility index (Phi) is 3.03. The molecule has 0 radical (unpaired) electrons. The van der Waals surface area contributed by atoms with Crippen molar-refractivity contribution in [3.63, 3.8) is 0 Å². The highest BCUT2D eigenvalue weighted by Gasteiger charge is 2.59. The maximum Gasteiger partial charge on any atom is 0.101 e. The minimum absolute atomic E-state index is 0.313. The molecule has 2 aliphatic rings. The molecule has 0 aromatic heterocycles. The lowest BCUT2D eigenvalue weighted by atomic mass is 9.68. The van der Waals surface area contributed by atoms with Crippen LogP contribution in [0.1, 0.15) is 45.6 Å². The molecule has 20 heavy (non-hydrogen) atoms. The van der Waals surface area contributed by atoms with Crippen LogP contribution >= 0.6 is 11.6 Å². The Morgan fingerprint density at radius 3 is 2.65 bits per heavy atom. The zero-order valence-electron chi connectivity index (χ0n) is 12.3. The topological polar surface area (TPSA) is 35.8 Å². The van der Waals surface area contributed by atoms with Crippen LogP contribution in [-0.2, 0) is 0 Å². The van der Waals surface area contributed by atoms with Gasteiger partial charge >= 0.3 is 0 Å². The van der Waals surface area contributed by atoms with Gasteiger partial charge in [-0.25, -0.2) is 0 Å². The molecule has 0 spiro atoms. The van der Waals surface area contributed by atoms with Crippen LogP contribution in [0.25, 0.3) is 0 Å². The number of rotatable bonds is 2. The summed E-state index contributed by atoms with van der Waals surface area (Å²) in [5.41, 5.74) is 2.26. The van der Waals surface area contributed by atoms with Gasteiger partial charge in [-0.05, 0) is 54.2 Å². The van der Waals surface area contributed by atoms with E-state index in [1.54, 1.807) is 6.07 Å². The monoisotopic (exact) mass is 288 g/mol. The summed E-state index contributed by atoms with van der Waals surface area (Å²) in [5, 5.41) is 13.2. The molecule has 106 valence electrons. The second kappa shape index (κ2) is 4.40. The quantitative estimate of drug-likeness (QED) is 0.845. The van der Waals surface area contributed by atoms with Crippen LogP contribution in [0.4, 0.5) is 5.69 Å². The summed E-state index contributed by atoms with van der Waals surface area (Å²) in [6.07, 6.45) is 3.99. The van der Waals surface area contributed by atoms with Crippen molar-refractivity contribution in [1.82, 2.24) is 0 Å². The van der Waals surface area contributed by atoms with Gasteiger partial charge in [0, 0.05) is 11.7 Å². The Balaban J connectivity index is 1.88. The van der Waals surface area contributed by atoms with Crippen LogP contribution in [0, 0.1) is 28.1 Å². The summed E-state index contributed by atoms with van der Waals surface area (Å²) in [4.78, 5) is 0. The first-order chi connectivity index (χ1) is 9.37. The van der Waals surface area contributed by atoms with Crippen molar-refractivity contribution >= 4 is 17.3 Å². The molecule has 0 aliphatic heterocycles. The number of hydrogen-bond acceptors (Lipinski definition) is 2. The van der Waals surface area contributed by atoms with Gasteiger partial charge in [0.25, 0.3) is 0 Å². The molecular formula is C17H21ClN2. The van der Waals surface area contributed by atoms with Gasteiger partial charge in [0.15, 0.2) is 0 Å². The minimum Gasteiger partial charge on any atom is -0.381 e. The highest BCUT2D eigenvalue weighted by Crippen LogP contribution is 2.63. The van der Waals surface area contributed by atoms with E-state index in [9.17, 15) is 0 Å². The Bertz CT molecular complexity index is 582. The van der Waals surface area contributed by atoms with E-state index in [-0.39, 0.29) is 0 Å². The first kappa shape index (κ1) is 13.8. The van der Waals surface area contributed by atoms with Gasteiger partial charge in [-0.15, -0.1) is 0 Å². The summed E-state index contributed by atoms with van der Waals surface area (Å²) in [7, 11) is 0. The van der Waals surface area contributed by atoms with E-state index in [2.05, 4.69) is 32.2 Å². The second-order valence-electron chi connectivity index (χ2n) is 7.30. The number of hydrogen-bond donors (Lipinski definition) is 1. The fourth-order valence-electron chi connectivity index (χ4n) is 4.52. The molecule has 3 rings (SSSR count). The van der Waals surface area contributed by atoms with Crippen LogP contribution < -0.4 is 5.32 Å². The van der Waals surface area contributed by atoms with Gasteiger partial charge in [-0.1, -0.05) is 32.4 Å². The van der Waals surface area contributed by atoms with E-state index in [0.29, 0.717) is 27.5 Å². The lowest BCUT2D eigenvalue weighted by Gasteiger charge is -2.43. The summed E-state index contributed by atoms with van der Waals surface area (Å²) in [6, 6.07) is 8.22. The summed E-state index contributed by atoms with van der Waals surface area (Å²) in [5.74, 6) is 0.818. The molecule has 2 fully saturated rings. The number of anilines is 1.